The molecule has 0 spiro atoms. The molecule has 0 amide bonds. The summed E-state index contributed by atoms with van der Waals surface area (Å²) in [4.78, 5) is 0. The normalized spacial score (nSPS) is 12.2. The van der Waals surface area contributed by atoms with E-state index < -0.39 is 0 Å². The molecule has 3 heteroatoms. The van der Waals surface area contributed by atoms with E-state index in [0.29, 0.717) is 6.04 Å². The molecule has 1 N–H and O–H groups in total. The quantitative estimate of drug-likeness (QED) is 0.827. The Balaban J connectivity index is 2.01. The molecule has 1 atom stereocenters. The van der Waals surface area contributed by atoms with Crippen molar-refractivity contribution >= 4 is 15.9 Å². The average Bonchev–Trinajstić information content (AvgIpc) is 2.48. The van der Waals surface area contributed by atoms with E-state index in [2.05, 4.69) is 58.5 Å². The number of hydrogen-bond donors (Lipinski definition) is 1. The Morgan fingerprint density at radius 1 is 1.15 bits per heavy atom. The van der Waals surface area contributed by atoms with Crippen molar-refractivity contribution in [1.29, 1.82) is 0 Å². The minimum atomic E-state index is 0.361. The van der Waals surface area contributed by atoms with E-state index in [1.807, 2.05) is 18.2 Å². The third-order valence-electron chi connectivity index (χ3n) is 3.37. The highest BCUT2D eigenvalue weighted by molar-refractivity contribution is 9.10. The van der Waals surface area contributed by atoms with Gasteiger partial charge < -0.3 is 10.1 Å². The van der Waals surface area contributed by atoms with Gasteiger partial charge in [0, 0.05) is 17.1 Å². The molecule has 0 aromatic heterocycles. The molecule has 0 aliphatic heterocycles. The molecular weight excluding hydrogens is 314 g/mol. The van der Waals surface area contributed by atoms with E-state index in [-0.39, 0.29) is 0 Å². The van der Waals surface area contributed by atoms with Crippen LogP contribution in [0.5, 0.6) is 5.75 Å². The summed E-state index contributed by atoms with van der Waals surface area (Å²) < 4.78 is 6.32. The van der Waals surface area contributed by atoms with Crippen molar-refractivity contribution in [2.75, 3.05) is 7.11 Å². The number of halogens is 1. The minimum Gasteiger partial charge on any atom is -0.497 e. The Morgan fingerprint density at radius 3 is 2.50 bits per heavy atom. The number of benzene rings is 2. The second kappa shape index (κ2) is 7.46. The van der Waals surface area contributed by atoms with Gasteiger partial charge in [0.25, 0.3) is 0 Å². The summed E-state index contributed by atoms with van der Waals surface area (Å²) in [7, 11) is 1.69. The molecule has 0 bridgehead atoms. The van der Waals surface area contributed by atoms with E-state index >= 15 is 0 Å². The topological polar surface area (TPSA) is 21.3 Å². The Hall–Kier alpha value is -1.32. The maximum Gasteiger partial charge on any atom is 0.118 e. The molecule has 1 unspecified atom stereocenters. The van der Waals surface area contributed by atoms with Crippen molar-refractivity contribution in [3.63, 3.8) is 0 Å². The zero-order chi connectivity index (χ0) is 14.4. The molecule has 106 valence electrons. The van der Waals surface area contributed by atoms with Crippen LogP contribution in [0.25, 0.3) is 0 Å². The Morgan fingerprint density at radius 2 is 1.90 bits per heavy atom. The van der Waals surface area contributed by atoms with Gasteiger partial charge in [-0.25, -0.2) is 0 Å². The summed E-state index contributed by atoms with van der Waals surface area (Å²) in [5.41, 5.74) is 2.58. The lowest BCUT2D eigenvalue weighted by Crippen LogP contribution is -2.20. The third kappa shape index (κ3) is 4.09. The van der Waals surface area contributed by atoms with Crippen molar-refractivity contribution in [2.24, 2.45) is 0 Å². The number of rotatable bonds is 6. The van der Waals surface area contributed by atoms with Crippen LogP contribution in [-0.4, -0.2) is 7.11 Å². The molecule has 2 aromatic rings. The van der Waals surface area contributed by atoms with Crippen molar-refractivity contribution in [3.8, 4) is 5.75 Å². The highest BCUT2D eigenvalue weighted by atomic mass is 79.9. The van der Waals surface area contributed by atoms with E-state index in [0.717, 1.165) is 23.2 Å². The smallest absolute Gasteiger partial charge is 0.118 e. The predicted octanol–water partition coefficient (Wildman–Crippen LogP) is 4.70. The first-order valence-electron chi connectivity index (χ1n) is 6.84. The van der Waals surface area contributed by atoms with Crippen LogP contribution >= 0.6 is 15.9 Å². The van der Waals surface area contributed by atoms with Crippen LogP contribution in [0.2, 0.25) is 0 Å². The molecule has 0 heterocycles. The van der Waals surface area contributed by atoms with Gasteiger partial charge in [-0.3, -0.25) is 0 Å². The van der Waals surface area contributed by atoms with Crippen LogP contribution in [0.3, 0.4) is 0 Å². The number of nitrogens with one attached hydrogen (secondary N) is 1. The molecule has 2 rings (SSSR count). The van der Waals surface area contributed by atoms with Gasteiger partial charge in [0.15, 0.2) is 0 Å². The lowest BCUT2D eigenvalue weighted by Gasteiger charge is -2.18. The maximum absolute atomic E-state index is 5.20. The van der Waals surface area contributed by atoms with Crippen LogP contribution in [0, 0.1) is 0 Å². The first-order chi connectivity index (χ1) is 9.72. The highest BCUT2D eigenvalue weighted by Crippen LogP contribution is 2.21. The first kappa shape index (κ1) is 15.1. The van der Waals surface area contributed by atoms with Gasteiger partial charge >= 0.3 is 0 Å². The van der Waals surface area contributed by atoms with Crippen molar-refractivity contribution in [1.82, 2.24) is 5.32 Å². The van der Waals surface area contributed by atoms with Crippen LogP contribution < -0.4 is 10.1 Å². The molecule has 0 aliphatic carbocycles. The summed E-state index contributed by atoms with van der Waals surface area (Å²) in [6, 6.07) is 17.0. The maximum atomic E-state index is 5.20. The molecule has 2 nitrogen and oxygen atoms in total. The van der Waals surface area contributed by atoms with Gasteiger partial charge in [-0.05, 0) is 41.8 Å². The van der Waals surface area contributed by atoms with E-state index in [9.17, 15) is 0 Å². The fourth-order valence-electron chi connectivity index (χ4n) is 2.22. The van der Waals surface area contributed by atoms with Gasteiger partial charge in [0.1, 0.15) is 5.75 Å². The fourth-order valence-corrected chi connectivity index (χ4v) is 2.67. The second-order valence-corrected chi connectivity index (χ2v) is 5.66. The van der Waals surface area contributed by atoms with E-state index in [1.54, 1.807) is 7.11 Å². The van der Waals surface area contributed by atoms with Crippen LogP contribution in [0.1, 0.15) is 30.5 Å². The third-order valence-corrected chi connectivity index (χ3v) is 3.86. The average molecular weight is 334 g/mol. The number of hydrogen-bond acceptors (Lipinski definition) is 2. The molecule has 0 aliphatic rings. The molecule has 2 aromatic carbocycles. The fraction of sp³-hybridized carbons (Fsp3) is 0.294. The summed E-state index contributed by atoms with van der Waals surface area (Å²) >= 11 is 3.51. The van der Waals surface area contributed by atoms with Crippen LogP contribution in [-0.2, 0) is 6.54 Å². The van der Waals surface area contributed by atoms with Crippen LogP contribution in [0.15, 0.2) is 53.0 Å². The zero-order valence-electron chi connectivity index (χ0n) is 11.9. The molecule has 0 saturated heterocycles. The van der Waals surface area contributed by atoms with Gasteiger partial charge in [-0.2, -0.15) is 0 Å². The van der Waals surface area contributed by atoms with Crippen molar-refractivity contribution in [2.45, 2.75) is 25.9 Å². The molecule has 0 radical (unpaired) electrons. The summed E-state index contributed by atoms with van der Waals surface area (Å²) in [5, 5.41) is 3.61. The molecule has 20 heavy (non-hydrogen) atoms. The van der Waals surface area contributed by atoms with Gasteiger partial charge in [0.2, 0.25) is 0 Å². The van der Waals surface area contributed by atoms with Crippen LogP contribution in [0.4, 0.5) is 0 Å². The summed E-state index contributed by atoms with van der Waals surface area (Å²) in [6.07, 6.45) is 1.06. The number of ether oxygens (including phenoxy) is 1. The summed E-state index contributed by atoms with van der Waals surface area (Å²) in [5.74, 6) is 0.899. The Labute approximate surface area is 129 Å². The highest BCUT2D eigenvalue weighted by Gasteiger charge is 2.08. The van der Waals surface area contributed by atoms with Crippen molar-refractivity contribution < 1.29 is 4.74 Å². The zero-order valence-corrected chi connectivity index (χ0v) is 13.5. The van der Waals surface area contributed by atoms with Crippen molar-refractivity contribution in [3.05, 3.63) is 64.1 Å². The first-order valence-corrected chi connectivity index (χ1v) is 7.64. The minimum absolute atomic E-state index is 0.361. The van der Waals surface area contributed by atoms with E-state index in [1.165, 1.54) is 11.1 Å². The largest absolute Gasteiger partial charge is 0.497 e. The summed E-state index contributed by atoms with van der Waals surface area (Å²) in [6.45, 7) is 3.06. The van der Waals surface area contributed by atoms with E-state index in [4.69, 9.17) is 4.74 Å². The standard InChI is InChI=1S/C17H20BrNO/c1-3-17(14-7-9-16(20-2)10-8-14)19-12-13-5-4-6-15(18)11-13/h4-11,17,19H,3,12H2,1-2H3. The Kier molecular flexibility index (Phi) is 5.62. The predicted molar refractivity (Wildman–Crippen MR) is 87.0 cm³/mol. The molecule has 0 fully saturated rings. The number of methoxy groups -OCH3 is 1. The second-order valence-electron chi connectivity index (χ2n) is 4.74. The van der Waals surface area contributed by atoms with Gasteiger partial charge in [-0.15, -0.1) is 0 Å². The van der Waals surface area contributed by atoms with Gasteiger partial charge in [0.05, 0.1) is 7.11 Å². The molecule has 0 saturated carbocycles. The lowest BCUT2D eigenvalue weighted by molar-refractivity contribution is 0.414. The SMILES string of the molecule is CCC(NCc1cccc(Br)c1)c1ccc(OC)cc1. The molecular formula is C17H20BrNO. The monoisotopic (exact) mass is 333 g/mol. The Bertz CT molecular complexity index is 539. The lowest BCUT2D eigenvalue weighted by atomic mass is 10.0. The van der Waals surface area contributed by atoms with Gasteiger partial charge in [-0.1, -0.05) is 47.1 Å².